The van der Waals surface area contributed by atoms with Crippen molar-refractivity contribution in [2.24, 2.45) is 5.10 Å². The number of H-pyrrole nitrogens is 1. The zero-order valence-corrected chi connectivity index (χ0v) is 9.91. The molecule has 0 amide bonds. The van der Waals surface area contributed by atoms with Gasteiger partial charge in [-0.1, -0.05) is 5.10 Å². The van der Waals surface area contributed by atoms with E-state index in [9.17, 15) is 0 Å². The number of tetrazole rings is 1. The second kappa shape index (κ2) is 5.62. The summed E-state index contributed by atoms with van der Waals surface area (Å²) in [5.74, 6) is 1.67. The Balaban J connectivity index is 2.10. The monoisotopic (exact) mass is 248 g/mol. The lowest BCUT2D eigenvalue weighted by molar-refractivity contribution is 0.394. The maximum atomic E-state index is 5.23. The molecule has 0 fully saturated rings. The number of hydrogen-bond donors (Lipinski definition) is 2. The number of hydrazone groups is 1. The van der Waals surface area contributed by atoms with Gasteiger partial charge in [-0.2, -0.15) is 10.3 Å². The van der Waals surface area contributed by atoms with E-state index < -0.39 is 0 Å². The number of hydrogen-bond acceptors (Lipinski definition) is 7. The van der Waals surface area contributed by atoms with E-state index in [1.807, 2.05) is 12.1 Å². The molecule has 1 heterocycles. The highest BCUT2D eigenvalue weighted by Gasteiger charge is 2.02. The van der Waals surface area contributed by atoms with Crippen molar-refractivity contribution >= 4 is 12.2 Å². The summed E-state index contributed by atoms with van der Waals surface area (Å²) in [6, 6.07) is 5.42. The van der Waals surface area contributed by atoms with E-state index >= 15 is 0 Å². The van der Waals surface area contributed by atoms with Crippen molar-refractivity contribution in [1.82, 2.24) is 20.6 Å². The van der Waals surface area contributed by atoms with E-state index in [0.29, 0.717) is 11.7 Å². The molecule has 2 rings (SSSR count). The zero-order valence-electron chi connectivity index (χ0n) is 9.91. The smallest absolute Gasteiger partial charge is 0.283 e. The highest BCUT2D eigenvalue weighted by atomic mass is 16.5. The van der Waals surface area contributed by atoms with Gasteiger partial charge in [0.2, 0.25) is 0 Å². The molecule has 18 heavy (non-hydrogen) atoms. The molecule has 0 saturated heterocycles. The molecule has 2 aromatic rings. The van der Waals surface area contributed by atoms with Gasteiger partial charge >= 0.3 is 0 Å². The third-order valence-electron chi connectivity index (χ3n) is 2.15. The van der Waals surface area contributed by atoms with Crippen molar-refractivity contribution in [3.63, 3.8) is 0 Å². The summed E-state index contributed by atoms with van der Waals surface area (Å²) in [7, 11) is 3.18. The molecule has 0 unspecified atom stereocenters. The van der Waals surface area contributed by atoms with Crippen molar-refractivity contribution in [1.29, 1.82) is 0 Å². The molecule has 94 valence electrons. The van der Waals surface area contributed by atoms with Gasteiger partial charge < -0.3 is 9.47 Å². The largest absolute Gasteiger partial charge is 0.497 e. The van der Waals surface area contributed by atoms with Gasteiger partial charge in [-0.3, -0.25) is 0 Å². The molecule has 1 aromatic heterocycles. The summed E-state index contributed by atoms with van der Waals surface area (Å²) in [5, 5.41) is 17.1. The van der Waals surface area contributed by atoms with Gasteiger partial charge in [0.25, 0.3) is 5.95 Å². The van der Waals surface area contributed by atoms with Crippen LogP contribution in [0.5, 0.6) is 11.5 Å². The topological polar surface area (TPSA) is 97.3 Å². The van der Waals surface area contributed by atoms with Gasteiger partial charge in [0.1, 0.15) is 11.5 Å². The molecule has 0 radical (unpaired) electrons. The Morgan fingerprint density at radius 1 is 1.33 bits per heavy atom. The average molecular weight is 248 g/mol. The highest BCUT2D eigenvalue weighted by molar-refractivity contribution is 5.84. The van der Waals surface area contributed by atoms with Crippen LogP contribution in [0.4, 0.5) is 5.95 Å². The maximum absolute atomic E-state index is 5.23. The second-order valence-corrected chi connectivity index (χ2v) is 3.21. The Bertz CT molecular complexity index is 525. The second-order valence-electron chi connectivity index (χ2n) is 3.21. The molecule has 0 atom stereocenters. The molecule has 8 nitrogen and oxygen atoms in total. The summed E-state index contributed by atoms with van der Waals surface area (Å²) in [6.45, 7) is 0. The summed E-state index contributed by atoms with van der Waals surface area (Å²) in [5.41, 5.74) is 3.42. The Labute approximate surface area is 103 Å². The van der Waals surface area contributed by atoms with Gasteiger partial charge in [-0.15, -0.1) is 5.10 Å². The molecule has 0 aliphatic carbocycles. The Morgan fingerprint density at radius 3 is 2.89 bits per heavy atom. The van der Waals surface area contributed by atoms with Crippen molar-refractivity contribution < 1.29 is 9.47 Å². The van der Waals surface area contributed by atoms with E-state index in [4.69, 9.17) is 9.47 Å². The van der Waals surface area contributed by atoms with Crippen molar-refractivity contribution in [3.05, 3.63) is 23.8 Å². The lowest BCUT2D eigenvalue weighted by atomic mass is 10.2. The van der Waals surface area contributed by atoms with E-state index in [1.54, 1.807) is 26.5 Å². The molecule has 2 N–H and O–H groups in total. The minimum absolute atomic E-state index is 0.290. The Hall–Kier alpha value is -2.64. The number of nitrogens with one attached hydrogen (secondary N) is 2. The van der Waals surface area contributed by atoms with Crippen LogP contribution in [0.25, 0.3) is 0 Å². The molecular formula is C10H12N6O2. The first-order valence-electron chi connectivity index (χ1n) is 5.08. The van der Waals surface area contributed by atoms with Crippen LogP contribution in [-0.2, 0) is 0 Å². The fourth-order valence-corrected chi connectivity index (χ4v) is 1.29. The van der Waals surface area contributed by atoms with Crippen molar-refractivity contribution in [2.45, 2.75) is 0 Å². The standard InChI is InChI=1S/C10H12N6O2/c1-17-8-4-3-7(9(5-8)18-2)6-11-12-10-13-15-16-14-10/h3-6H,1-2H3,(H2,12,13,14,15,16). The predicted molar refractivity (Wildman–Crippen MR) is 64.9 cm³/mol. The number of nitrogens with zero attached hydrogens (tertiary/aromatic N) is 4. The first-order valence-corrected chi connectivity index (χ1v) is 5.08. The van der Waals surface area contributed by atoms with Crippen LogP contribution >= 0.6 is 0 Å². The SMILES string of the molecule is COc1ccc(C=NNc2nn[nH]n2)c(OC)c1. The predicted octanol–water partition coefficient (Wildman–Crippen LogP) is 0.663. The van der Waals surface area contributed by atoms with Crippen LogP contribution in [0.15, 0.2) is 23.3 Å². The number of anilines is 1. The molecule has 0 bridgehead atoms. The third-order valence-corrected chi connectivity index (χ3v) is 2.15. The zero-order chi connectivity index (χ0) is 12.8. The Morgan fingerprint density at radius 2 is 2.22 bits per heavy atom. The van der Waals surface area contributed by atoms with Crippen molar-refractivity contribution in [2.75, 3.05) is 19.6 Å². The lowest BCUT2D eigenvalue weighted by Crippen LogP contribution is -1.96. The van der Waals surface area contributed by atoms with Gasteiger partial charge in [0, 0.05) is 11.6 Å². The number of aromatic nitrogens is 4. The van der Waals surface area contributed by atoms with Gasteiger partial charge in [-0.05, 0) is 17.3 Å². The van der Waals surface area contributed by atoms with Crippen molar-refractivity contribution in [3.8, 4) is 11.5 Å². The number of rotatable bonds is 5. The number of methoxy groups -OCH3 is 2. The number of ether oxygens (including phenoxy) is 2. The third kappa shape index (κ3) is 2.73. The first kappa shape index (κ1) is 11.8. The molecule has 0 aliphatic rings. The number of benzene rings is 1. The van der Waals surface area contributed by atoms with Crippen LogP contribution < -0.4 is 14.9 Å². The van der Waals surface area contributed by atoms with Crippen LogP contribution in [0, 0.1) is 0 Å². The van der Waals surface area contributed by atoms with Gasteiger partial charge in [0.05, 0.1) is 20.4 Å². The fraction of sp³-hybridized carbons (Fsp3) is 0.200. The summed E-state index contributed by atoms with van der Waals surface area (Å²) < 4.78 is 10.3. The molecular weight excluding hydrogens is 236 g/mol. The molecule has 0 aliphatic heterocycles. The normalized spacial score (nSPS) is 10.6. The summed E-state index contributed by atoms with van der Waals surface area (Å²) >= 11 is 0. The van der Waals surface area contributed by atoms with Crippen LogP contribution in [0.2, 0.25) is 0 Å². The van der Waals surface area contributed by atoms with E-state index in [0.717, 1.165) is 11.3 Å². The first-order chi connectivity index (χ1) is 8.83. The van der Waals surface area contributed by atoms with Crippen LogP contribution in [0.1, 0.15) is 5.56 Å². The fourth-order valence-electron chi connectivity index (χ4n) is 1.29. The molecule has 0 spiro atoms. The highest BCUT2D eigenvalue weighted by Crippen LogP contribution is 2.22. The Kier molecular flexibility index (Phi) is 3.69. The lowest BCUT2D eigenvalue weighted by Gasteiger charge is -2.06. The van der Waals surface area contributed by atoms with Gasteiger partial charge in [-0.25, -0.2) is 5.43 Å². The molecule has 0 saturated carbocycles. The van der Waals surface area contributed by atoms with E-state index in [2.05, 4.69) is 31.2 Å². The average Bonchev–Trinajstić information content (AvgIpc) is 2.92. The van der Waals surface area contributed by atoms with Crippen LogP contribution in [0.3, 0.4) is 0 Å². The summed E-state index contributed by atoms with van der Waals surface area (Å²) in [6.07, 6.45) is 1.59. The van der Waals surface area contributed by atoms with Crippen LogP contribution in [-0.4, -0.2) is 41.1 Å². The summed E-state index contributed by atoms with van der Waals surface area (Å²) in [4.78, 5) is 0. The van der Waals surface area contributed by atoms with Gasteiger partial charge in [0.15, 0.2) is 0 Å². The minimum atomic E-state index is 0.290. The van der Waals surface area contributed by atoms with E-state index in [-0.39, 0.29) is 0 Å². The molecule has 8 heteroatoms. The maximum Gasteiger partial charge on any atom is 0.283 e. The van der Waals surface area contributed by atoms with E-state index in [1.165, 1.54) is 0 Å². The number of aromatic amines is 1. The molecule has 1 aromatic carbocycles. The quantitative estimate of drug-likeness (QED) is 0.596. The minimum Gasteiger partial charge on any atom is -0.497 e.